The summed E-state index contributed by atoms with van der Waals surface area (Å²) in [5, 5.41) is 8.79. The molecule has 2 aromatic rings. The molecule has 0 saturated carbocycles. The smallest absolute Gasteiger partial charge is 0.279 e. The molecule has 4 N–H and O–H groups in total. The van der Waals surface area contributed by atoms with Crippen LogP contribution in [0.2, 0.25) is 0 Å². The quantitative estimate of drug-likeness (QED) is 0.578. The summed E-state index contributed by atoms with van der Waals surface area (Å²) >= 11 is 0. The first-order valence-corrected chi connectivity index (χ1v) is 8.89. The number of rotatable bonds is 5. The van der Waals surface area contributed by atoms with Crippen LogP contribution >= 0.6 is 0 Å². The number of ether oxygens (including phenoxy) is 1. The summed E-state index contributed by atoms with van der Waals surface area (Å²) in [5.74, 6) is -0.367. The van der Waals surface area contributed by atoms with Crippen LogP contribution in [0.25, 0.3) is 0 Å². The molecule has 0 aromatic heterocycles. The van der Waals surface area contributed by atoms with Gasteiger partial charge in [0.05, 0.1) is 11.6 Å². The van der Waals surface area contributed by atoms with Crippen LogP contribution in [0.1, 0.15) is 30.5 Å². The molecular formula is C20H21N5O3. The second kappa shape index (κ2) is 8.99. The van der Waals surface area contributed by atoms with Gasteiger partial charge in [-0.15, -0.1) is 0 Å². The second-order valence-corrected chi connectivity index (χ2v) is 6.41. The Hall–Kier alpha value is -3.41. The van der Waals surface area contributed by atoms with E-state index in [4.69, 9.17) is 10.00 Å². The Balaban J connectivity index is 1.44. The predicted octanol–water partition coefficient (Wildman–Crippen LogP) is 1.08. The fourth-order valence-electron chi connectivity index (χ4n) is 2.81. The number of nitrogens with zero attached hydrogens (tertiary/aromatic N) is 1. The molecule has 0 aliphatic carbocycles. The number of nitriles is 1. The fourth-order valence-corrected chi connectivity index (χ4v) is 2.81. The third-order valence-electron chi connectivity index (χ3n) is 4.40. The van der Waals surface area contributed by atoms with Crippen LogP contribution in [0, 0.1) is 11.3 Å². The number of hydrogen-bond donors (Lipinski definition) is 4. The zero-order valence-electron chi connectivity index (χ0n) is 15.3. The maximum Gasteiger partial charge on any atom is 0.279 e. The van der Waals surface area contributed by atoms with Crippen molar-refractivity contribution in [1.29, 1.82) is 5.26 Å². The molecule has 3 unspecified atom stereocenters. The Morgan fingerprint density at radius 3 is 2.50 bits per heavy atom. The Morgan fingerprint density at radius 1 is 1.11 bits per heavy atom. The molecule has 1 saturated heterocycles. The van der Waals surface area contributed by atoms with Gasteiger partial charge in [0.15, 0.2) is 6.10 Å². The third kappa shape index (κ3) is 4.85. The van der Waals surface area contributed by atoms with Crippen LogP contribution in [0.5, 0.6) is 5.75 Å². The van der Waals surface area contributed by atoms with Crippen molar-refractivity contribution in [2.75, 3.05) is 0 Å². The second-order valence-electron chi connectivity index (χ2n) is 6.41. The zero-order chi connectivity index (χ0) is 19.9. The minimum absolute atomic E-state index is 0.0197. The van der Waals surface area contributed by atoms with E-state index < -0.39 is 18.1 Å². The first-order valence-electron chi connectivity index (χ1n) is 8.89. The highest BCUT2D eigenvalue weighted by atomic mass is 16.5. The zero-order valence-corrected chi connectivity index (χ0v) is 15.3. The van der Waals surface area contributed by atoms with Crippen molar-refractivity contribution in [2.45, 2.75) is 31.5 Å². The number of carbonyl (C=O) groups is 2. The lowest BCUT2D eigenvalue weighted by Gasteiger charge is -2.16. The van der Waals surface area contributed by atoms with Crippen LogP contribution in [0.3, 0.4) is 0 Å². The summed E-state index contributed by atoms with van der Waals surface area (Å²) in [4.78, 5) is 24.4. The highest BCUT2D eigenvalue weighted by molar-refractivity contribution is 5.87. The number of hydrazine groups is 2. The number of amides is 2. The molecule has 1 aliphatic rings. The van der Waals surface area contributed by atoms with Crippen LogP contribution in [-0.2, 0) is 9.59 Å². The summed E-state index contributed by atoms with van der Waals surface area (Å²) in [7, 11) is 0. The third-order valence-corrected chi connectivity index (χ3v) is 4.40. The molecule has 0 spiro atoms. The fraction of sp³-hybridized carbons (Fsp3) is 0.250. The summed E-state index contributed by atoms with van der Waals surface area (Å²) in [6.45, 7) is 1.57. The van der Waals surface area contributed by atoms with Gasteiger partial charge < -0.3 is 4.74 Å². The molecule has 8 nitrogen and oxygen atoms in total. The van der Waals surface area contributed by atoms with Gasteiger partial charge in [-0.05, 0) is 43.2 Å². The average Bonchev–Trinajstić information content (AvgIpc) is 3.23. The molecule has 0 radical (unpaired) electrons. The van der Waals surface area contributed by atoms with Crippen molar-refractivity contribution >= 4 is 11.8 Å². The van der Waals surface area contributed by atoms with Gasteiger partial charge in [-0.2, -0.15) is 5.26 Å². The van der Waals surface area contributed by atoms with E-state index in [9.17, 15) is 9.59 Å². The monoisotopic (exact) mass is 379 g/mol. The minimum atomic E-state index is -0.819. The van der Waals surface area contributed by atoms with E-state index >= 15 is 0 Å². The first kappa shape index (κ1) is 19.4. The van der Waals surface area contributed by atoms with Gasteiger partial charge in [0.1, 0.15) is 11.8 Å². The molecule has 2 aromatic carbocycles. The van der Waals surface area contributed by atoms with Crippen molar-refractivity contribution in [3.63, 3.8) is 0 Å². The Kier molecular flexibility index (Phi) is 6.22. The molecule has 3 rings (SSSR count). The summed E-state index contributed by atoms with van der Waals surface area (Å²) in [6.07, 6.45) is -0.261. The summed E-state index contributed by atoms with van der Waals surface area (Å²) in [6, 6.07) is 17.8. The number of nitrogens with one attached hydrogen (secondary N) is 4. The highest BCUT2D eigenvalue weighted by Crippen LogP contribution is 2.21. The molecule has 144 valence electrons. The van der Waals surface area contributed by atoms with Crippen molar-refractivity contribution in [2.24, 2.45) is 0 Å². The minimum Gasteiger partial charge on any atom is -0.481 e. The SMILES string of the molecule is CC(Oc1ccc(C#N)cc1)C(=O)NNC(=O)C1CC(c2ccccc2)NN1. The Bertz CT molecular complexity index is 864. The van der Waals surface area contributed by atoms with Gasteiger partial charge in [0.25, 0.3) is 11.8 Å². The molecule has 28 heavy (non-hydrogen) atoms. The van der Waals surface area contributed by atoms with E-state index in [1.807, 2.05) is 36.4 Å². The Morgan fingerprint density at radius 2 is 1.82 bits per heavy atom. The molecule has 2 amide bonds. The normalized spacial score (nSPS) is 19.3. The van der Waals surface area contributed by atoms with Gasteiger partial charge in [-0.3, -0.25) is 20.4 Å². The van der Waals surface area contributed by atoms with E-state index in [2.05, 4.69) is 21.7 Å². The molecule has 1 aliphatic heterocycles. The lowest BCUT2D eigenvalue weighted by atomic mass is 10.0. The van der Waals surface area contributed by atoms with E-state index in [-0.39, 0.29) is 11.9 Å². The van der Waals surface area contributed by atoms with E-state index in [0.29, 0.717) is 17.7 Å². The molecule has 0 bridgehead atoms. The summed E-state index contributed by atoms with van der Waals surface area (Å²) < 4.78 is 5.51. The maximum atomic E-state index is 12.3. The molecule has 3 atom stereocenters. The molecule has 1 heterocycles. The van der Waals surface area contributed by atoms with Crippen molar-refractivity contribution < 1.29 is 14.3 Å². The van der Waals surface area contributed by atoms with Crippen molar-refractivity contribution in [1.82, 2.24) is 21.7 Å². The van der Waals surface area contributed by atoms with Crippen LogP contribution < -0.4 is 26.4 Å². The molecule has 8 heteroatoms. The topological polar surface area (TPSA) is 115 Å². The summed E-state index contributed by atoms with van der Waals surface area (Å²) in [5.41, 5.74) is 12.4. The highest BCUT2D eigenvalue weighted by Gasteiger charge is 2.30. The Labute approximate surface area is 162 Å². The lowest BCUT2D eigenvalue weighted by molar-refractivity contribution is -0.133. The van der Waals surface area contributed by atoms with Crippen molar-refractivity contribution in [3.8, 4) is 11.8 Å². The van der Waals surface area contributed by atoms with Crippen LogP contribution in [0.15, 0.2) is 54.6 Å². The predicted molar refractivity (Wildman–Crippen MR) is 101 cm³/mol. The molecular weight excluding hydrogens is 358 g/mol. The standard InChI is InChI=1S/C20H21N5O3/c1-13(28-16-9-7-14(12-21)8-10-16)19(26)24-25-20(27)18-11-17(22-23-18)15-5-3-2-4-6-15/h2-10,13,17-18,22-23H,11H2,1H3,(H,24,26)(H,25,27). The maximum absolute atomic E-state index is 12.3. The number of carbonyl (C=O) groups excluding carboxylic acids is 2. The number of hydrogen-bond acceptors (Lipinski definition) is 6. The molecule has 1 fully saturated rings. The van der Waals surface area contributed by atoms with Gasteiger partial charge >= 0.3 is 0 Å². The lowest BCUT2D eigenvalue weighted by Crippen LogP contribution is -2.52. The van der Waals surface area contributed by atoms with Gasteiger partial charge in [-0.25, -0.2) is 10.9 Å². The van der Waals surface area contributed by atoms with E-state index in [1.165, 1.54) is 0 Å². The average molecular weight is 379 g/mol. The first-order chi connectivity index (χ1) is 13.6. The van der Waals surface area contributed by atoms with Gasteiger partial charge in [-0.1, -0.05) is 30.3 Å². The largest absolute Gasteiger partial charge is 0.481 e. The van der Waals surface area contributed by atoms with Crippen molar-refractivity contribution in [3.05, 3.63) is 65.7 Å². The van der Waals surface area contributed by atoms with E-state index in [0.717, 1.165) is 5.56 Å². The number of benzene rings is 2. The van der Waals surface area contributed by atoms with E-state index in [1.54, 1.807) is 31.2 Å². The van der Waals surface area contributed by atoms with Gasteiger partial charge in [0.2, 0.25) is 0 Å². The van der Waals surface area contributed by atoms with Crippen LogP contribution in [0.4, 0.5) is 0 Å². The van der Waals surface area contributed by atoms with Gasteiger partial charge in [0, 0.05) is 6.04 Å². The van der Waals surface area contributed by atoms with Crippen LogP contribution in [-0.4, -0.2) is 24.0 Å².